The van der Waals surface area contributed by atoms with Gasteiger partial charge in [-0.2, -0.15) is 0 Å². The summed E-state index contributed by atoms with van der Waals surface area (Å²) in [6.07, 6.45) is 2.52. The second-order valence-electron chi connectivity index (χ2n) is 7.48. The van der Waals surface area contributed by atoms with Gasteiger partial charge in [-0.3, -0.25) is 9.69 Å². The van der Waals surface area contributed by atoms with Crippen LogP contribution in [0.5, 0.6) is 0 Å². The van der Waals surface area contributed by atoms with Gasteiger partial charge in [0.15, 0.2) is 9.84 Å². The largest absolute Gasteiger partial charge is 0.325 e. The molecule has 1 atom stereocenters. The Bertz CT molecular complexity index is 1130. The highest BCUT2D eigenvalue weighted by atomic mass is 32.2. The van der Waals surface area contributed by atoms with Gasteiger partial charge in [0.1, 0.15) is 10.8 Å². The van der Waals surface area contributed by atoms with Crippen molar-refractivity contribution in [3.05, 3.63) is 76.2 Å². The molecule has 0 radical (unpaired) electrons. The van der Waals surface area contributed by atoms with Crippen LogP contribution in [0.15, 0.2) is 65.0 Å². The van der Waals surface area contributed by atoms with Crippen LogP contribution in [0.4, 0.5) is 5.69 Å². The zero-order valence-electron chi connectivity index (χ0n) is 16.6. The maximum absolute atomic E-state index is 12.6. The first-order valence-electron chi connectivity index (χ1n) is 9.72. The highest BCUT2D eigenvalue weighted by Gasteiger charge is 2.24. The molecule has 4 rings (SSSR count). The molecule has 0 fully saturated rings. The molecule has 1 amide bonds. The Hall–Kier alpha value is -2.55. The fraction of sp³-hybridized carbons (Fsp3) is 0.273. The lowest BCUT2D eigenvalue weighted by molar-refractivity contribution is -0.118. The number of benzene rings is 2. The molecular formula is C22H23N3O3S2. The second kappa shape index (κ2) is 8.67. The molecule has 1 N–H and O–H groups in total. The lowest BCUT2D eigenvalue weighted by atomic mass is 9.95. The number of sulfone groups is 1. The smallest absolute Gasteiger partial charge is 0.238 e. The number of hydrogen-bond acceptors (Lipinski definition) is 6. The third-order valence-corrected chi connectivity index (χ3v) is 7.88. The molecule has 0 spiro atoms. The van der Waals surface area contributed by atoms with Crippen LogP contribution >= 0.6 is 11.3 Å². The van der Waals surface area contributed by atoms with Crippen LogP contribution in [0.2, 0.25) is 0 Å². The minimum absolute atomic E-state index is 0.111. The van der Waals surface area contributed by atoms with Gasteiger partial charge in [0, 0.05) is 29.9 Å². The molecule has 1 unspecified atom stereocenters. The molecule has 1 aliphatic heterocycles. The van der Waals surface area contributed by atoms with Gasteiger partial charge in [-0.1, -0.05) is 24.3 Å². The van der Waals surface area contributed by atoms with Crippen LogP contribution in [-0.2, 0) is 33.4 Å². The fourth-order valence-corrected chi connectivity index (χ4v) is 5.90. The second-order valence-corrected chi connectivity index (χ2v) is 10.5. The van der Waals surface area contributed by atoms with E-state index >= 15 is 0 Å². The van der Waals surface area contributed by atoms with Gasteiger partial charge in [-0.15, -0.1) is 11.3 Å². The van der Waals surface area contributed by atoms with Gasteiger partial charge in [-0.05, 0) is 48.7 Å². The summed E-state index contributed by atoms with van der Waals surface area (Å²) in [5, 5.41) is 5.19. The number of carbonyl (C=O) groups is 1. The van der Waals surface area contributed by atoms with Gasteiger partial charge < -0.3 is 5.32 Å². The topological polar surface area (TPSA) is 79.4 Å². The van der Waals surface area contributed by atoms with Gasteiger partial charge in [-0.25, -0.2) is 13.4 Å². The molecular weight excluding hydrogens is 418 g/mol. The van der Waals surface area contributed by atoms with Crippen molar-refractivity contribution < 1.29 is 13.2 Å². The Morgan fingerprint density at radius 1 is 1.17 bits per heavy atom. The molecule has 2 aromatic carbocycles. The molecule has 0 saturated carbocycles. The summed E-state index contributed by atoms with van der Waals surface area (Å²) >= 11 is 1.32. The van der Waals surface area contributed by atoms with Crippen LogP contribution < -0.4 is 5.32 Å². The number of carbonyl (C=O) groups excluding carboxylic acids is 1. The molecule has 30 heavy (non-hydrogen) atoms. The van der Waals surface area contributed by atoms with Crippen LogP contribution in [0.25, 0.3) is 0 Å². The number of anilines is 1. The average Bonchev–Trinajstić information content (AvgIpc) is 3.21. The van der Waals surface area contributed by atoms with E-state index in [0.29, 0.717) is 17.2 Å². The number of thiazole rings is 1. The summed E-state index contributed by atoms with van der Waals surface area (Å²) in [7, 11) is -3.46. The fourth-order valence-electron chi connectivity index (χ4n) is 3.65. The number of amides is 1. The Balaban J connectivity index is 1.37. The Morgan fingerprint density at radius 3 is 2.60 bits per heavy atom. The lowest BCUT2D eigenvalue weighted by Crippen LogP contribution is -2.42. The summed E-state index contributed by atoms with van der Waals surface area (Å²) in [6.45, 7) is 3.17. The first kappa shape index (κ1) is 20.7. The van der Waals surface area contributed by atoms with Gasteiger partial charge in [0.05, 0.1) is 11.4 Å². The zero-order chi connectivity index (χ0) is 21.1. The van der Waals surface area contributed by atoms with Gasteiger partial charge in [0.25, 0.3) is 0 Å². The quantitative estimate of drug-likeness (QED) is 0.633. The zero-order valence-corrected chi connectivity index (χ0v) is 18.2. The van der Waals surface area contributed by atoms with Crippen molar-refractivity contribution in [2.24, 2.45) is 0 Å². The number of hydrogen-bond donors (Lipinski definition) is 1. The van der Waals surface area contributed by atoms with Crippen LogP contribution in [0, 0.1) is 0 Å². The Kier molecular flexibility index (Phi) is 5.99. The highest BCUT2D eigenvalue weighted by Crippen LogP contribution is 2.23. The summed E-state index contributed by atoms with van der Waals surface area (Å²) in [4.78, 5) is 19.0. The molecule has 0 aliphatic carbocycles. The molecule has 1 aromatic heterocycles. The van der Waals surface area contributed by atoms with Crippen LogP contribution in [-0.4, -0.2) is 36.8 Å². The number of nitrogens with one attached hydrogen (secondary N) is 1. The lowest BCUT2D eigenvalue weighted by Gasteiger charge is -2.34. The molecule has 156 valence electrons. The molecule has 0 bridgehead atoms. The maximum Gasteiger partial charge on any atom is 0.238 e. The van der Waals surface area contributed by atoms with Crippen molar-refractivity contribution in [2.45, 2.75) is 36.6 Å². The predicted octanol–water partition coefficient (Wildman–Crippen LogP) is 3.50. The van der Waals surface area contributed by atoms with E-state index in [1.807, 2.05) is 6.07 Å². The number of rotatable bonds is 6. The van der Waals surface area contributed by atoms with Gasteiger partial charge >= 0.3 is 0 Å². The first-order valence-corrected chi connectivity index (χ1v) is 12.3. The van der Waals surface area contributed by atoms with E-state index in [2.05, 4.69) is 40.3 Å². The van der Waals surface area contributed by atoms with Crippen LogP contribution in [0.1, 0.15) is 23.1 Å². The average molecular weight is 442 g/mol. The van der Waals surface area contributed by atoms with E-state index in [-0.39, 0.29) is 22.6 Å². The van der Waals surface area contributed by atoms with E-state index in [0.717, 1.165) is 13.0 Å². The Morgan fingerprint density at radius 2 is 1.90 bits per heavy atom. The molecule has 1 aliphatic rings. The third-order valence-electron chi connectivity index (χ3n) is 5.27. The normalized spacial score (nSPS) is 16.8. The minimum Gasteiger partial charge on any atom is -0.325 e. The van der Waals surface area contributed by atoms with Crippen molar-refractivity contribution in [1.82, 2.24) is 9.88 Å². The van der Waals surface area contributed by atoms with E-state index in [1.165, 1.54) is 34.6 Å². The van der Waals surface area contributed by atoms with E-state index in [4.69, 9.17) is 0 Å². The van der Waals surface area contributed by atoms with E-state index in [9.17, 15) is 13.2 Å². The summed E-state index contributed by atoms with van der Waals surface area (Å²) < 4.78 is 25.0. The van der Waals surface area contributed by atoms with Crippen molar-refractivity contribution in [2.75, 3.05) is 11.9 Å². The van der Waals surface area contributed by atoms with Crippen molar-refractivity contribution in [3.63, 3.8) is 0 Å². The Labute approximate surface area is 180 Å². The molecule has 0 saturated heterocycles. The predicted molar refractivity (Wildman–Crippen MR) is 118 cm³/mol. The highest BCUT2D eigenvalue weighted by molar-refractivity contribution is 7.90. The SMILES string of the molecule is CC1Cc2ccccc2CN1CC(=O)Nc1ccc(S(=O)(=O)Cc2nccs2)cc1. The van der Waals surface area contributed by atoms with Crippen molar-refractivity contribution in [1.29, 1.82) is 0 Å². The first-order chi connectivity index (χ1) is 14.4. The number of nitrogens with zero attached hydrogens (tertiary/aromatic N) is 2. The minimum atomic E-state index is -3.46. The van der Waals surface area contributed by atoms with Gasteiger partial charge in [0.2, 0.25) is 5.91 Å². The van der Waals surface area contributed by atoms with Crippen molar-refractivity contribution >= 4 is 32.8 Å². The molecule has 8 heteroatoms. The van der Waals surface area contributed by atoms with E-state index < -0.39 is 9.84 Å². The van der Waals surface area contributed by atoms with Crippen molar-refractivity contribution in [3.8, 4) is 0 Å². The summed E-state index contributed by atoms with van der Waals surface area (Å²) in [5.74, 6) is -0.232. The standard InChI is InChI=1S/C22H23N3O3S2/c1-16-12-17-4-2-3-5-18(17)13-25(16)14-21(26)24-19-6-8-20(9-7-19)30(27,28)15-22-23-10-11-29-22/h2-11,16H,12-15H2,1H3,(H,24,26). The number of fused-ring (bicyclic) bond motifs is 1. The third kappa shape index (κ3) is 4.77. The monoisotopic (exact) mass is 441 g/mol. The summed E-state index contributed by atoms with van der Waals surface area (Å²) in [6, 6.07) is 14.9. The summed E-state index contributed by atoms with van der Waals surface area (Å²) in [5.41, 5.74) is 3.19. The molecule has 2 heterocycles. The maximum atomic E-state index is 12.6. The van der Waals surface area contributed by atoms with Crippen LogP contribution in [0.3, 0.4) is 0 Å². The molecule has 3 aromatic rings. The van der Waals surface area contributed by atoms with E-state index in [1.54, 1.807) is 23.7 Å². The molecule has 6 nitrogen and oxygen atoms in total. The number of aromatic nitrogens is 1.